The van der Waals surface area contributed by atoms with Gasteiger partial charge in [0.15, 0.2) is 6.29 Å². The highest BCUT2D eigenvalue weighted by Crippen LogP contribution is 2.21. The average molecular weight is 235 g/mol. The standard InChI is InChI=1S/C10H19O6/c1-2-3-4-15-10-9(14)8(13)7(12)6(5-11)16-10/h6-14H,1-5H2/q-1/t6-,7-,8+,9-,10-/m1/s1. The van der Waals surface area contributed by atoms with E-state index in [1.165, 1.54) is 0 Å². The summed E-state index contributed by atoms with van der Waals surface area (Å²) in [6, 6.07) is 0. The summed E-state index contributed by atoms with van der Waals surface area (Å²) in [6.45, 7) is 3.53. The largest absolute Gasteiger partial charge is 0.394 e. The van der Waals surface area contributed by atoms with Crippen molar-refractivity contribution in [3.05, 3.63) is 6.92 Å². The van der Waals surface area contributed by atoms with Crippen molar-refractivity contribution < 1.29 is 29.9 Å². The smallest absolute Gasteiger partial charge is 0.186 e. The number of hydrogen-bond acceptors (Lipinski definition) is 6. The molecule has 96 valence electrons. The van der Waals surface area contributed by atoms with Crippen LogP contribution >= 0.6 is 0 Å². The molecule has 4 N–H and O–H groups in total. The summed E-state index contributed by atoms with van der Waals surface area (Å²) in [7, 11) is 0. The molecule has 1 aliphatic rings. The van der Waals surface area contributed by atoms with Crippen LogP contribution in [-0.2, 0) is 9.47 Å². The Balaban J connectivity index is 2.50. The van der Waals surface area contributed by atoms with Crippen molar-refractivity contribution in [2.75, 3.05) is 13.2 Å². The maximum atomic E-state index is 9.56. The fourth-order valence-electron chi connectivity index (χ4n) is 1.51. The van der Waals surface area contributed by atoms with Gasteiger partial charge in [-0.25, -0.2) is 0 Å². The molecule has 5 atom stereocenters. The first-order valence-corrected chi connectivity index (χ1v) is 5.33. The molecular weight excluding hydrogens is 216 g/mol. The Kier molecular flexibility index (Phi) is 5.60. The maximum absolute atomic E-state index is 9.56. The van der Waals surface area contributed by atoms with E-state index in [-0.39, 0.29) is 0 Å². The Morgan fingerprint density at radius 3 is 2.38 bits per heavy atom. The van der Waals surface area contributed by atoms with Gasteiger partial charge in [-0.1, -0.05) is 6.42 Å². The fraction of sp³-hybridized carbons (Fsp3) is 0.900. The number of aliphatic hydroxyl groups is 4. The second-order valence-corrected chi connectivity index (χ2v) is 3.78. The topological polar surface area (TPSA) is 99.4 Å². The molecule has 1 saturated heterocycles. The minimum Gasteiger partial charge on any atom is -0.394 e. The van der Waals surface area contributed by atoms with Crippen LogP contribution in [0.1, 0.15) is 12.8 Å². The third-order valence-corrected chi connectivity index (χ3v) is 2.52. The van der Waals surface area contributed by atoms with Gasteiger partial charge in [-0.3, -0.25) is 0 Å². The summed E-state index contributed by atoms with van der Waals surface area (Å²) in [6.07, 6.45) is -4.58. The summed E-state index contributed by atoms with van der Waals surface area (Å²) in [5, 5.41) is 37.4. The summed E-state index contributed by atoms with van der Waals surface area (Å²) >= 11 is 0. The fourth-order valence-corrected chi connectivity index (χ4v) is 1.51. The Morgan fingerprint density at radius 1 is 1.12 bits per heavy atom. The molecule has 6 nitrogen and oxygen atoms in total. The molecule has 0 saturated carbocycles. The van der Waals surface area contributed by atoms with Crippen molar-refractivity contribution in [1.29, 1.82) is 0 Å². The van der Waals surface area contributed by atoms with Crippen LogP contribution in [0.2, 0.25) is 0 Å². The second-order valence-electron chi connectivity index (χ2n) is 3.78. The van der Waals surface area contributed by atoms with Gasteiger partial charge in [0.05, 0.1) is 6.61 Å². The van der Waals surface area contributed by atoms with Gasteiger partial charge in [0.25, 0.3) is 0 Å². The highest BCUT2D eigenvalue weighted by molar-refractivity contribution is 4.88. The molecule has 1 fully saturated rings. The van der Waals surface area contributed by atoms with Crippen LogP contribution in [0.25, 0.3) is 0 Å². The lowest BCUT2D eigenvalue weighted by Gasteiger charge is -2.39. The maximum Gasteiger partial charge on any atom is 0.186 e. The molecule has 1 rings (SSSR count). The second kappa shape index (κ2) is 6.48. The number of unbranched alkanes of at least 4 members (excludes halogenated alkanes) is 1. The van der Waals surface area contributed by atoms with Crippen LogP contribution in [0.15, 0.2) is 0 Å². The van der Waals surface area contributed by atoms with Gasteiger partial charge in [0, 0.05) is 6.61 Å². The summed E-state index contributed by atoms with van der Waals surface area (Å²) in [5.41, 5.74) is 0. The van der Waals surface area contributed by atoms with Crippen LogP contribution in [0.4, 0.5) is 0 Å². The van der Waals surface area contributed by atoms with E-state index in [9.17, 15) is 15.3 Å². The number of hydrogen-bond donors (Lipinski definition) is 4. The Hall–Kier alpha value is -0.240. The quantitative estimate of drug-likeness (QED) is 0.339. The Morgan fingerprint density at radius 2 is 1.81 bits per heavy atom. The normalized spacial score (nSPS) is 39.9. The highest BCUT2D eigenvalue weighted by atomic mass is 16.7. The molecule has 0 spiro atoms. The van der Waals surface area contributed by atoms with Gasteiger partial charge < -0.3 is 36.8 Å². The minimum atomic E-state index is -1.38. The van der Waals surface area contributed by atoms with E-state index in [1.54, 1.807) is 0 Å². The lowest BCUT2D eigenvalue weighted by Crippen LogP contribution is -2.59. The number of ether oxygens (including phenoxy) is 2. The predicted molar refractivity (Wildman–Crippen MR) is 54.3 cm³/mol. The third kappa shape index (κ3) is 3.13. The molecule has 0 aromatic carbocycles. The van der Waals surface area contributed by atoms with Crippen LogP contribution in [0.3, 0.4) is 0 Å². The monoisotopic (exact) mass is 235 g/mol. The number of aliphatic hydroxyl groups excluding tert-OH is 4. The van der Waals surface area contributed by atoms with Gasteiger partial charge in [-0.05, 0) is 0 Å². The molecule has 0 aromatic rings. The zero-order valence-electron chi connectivity index (χ0n) is 9.03. The van der Waals surface area contributed by atoms with Crippen LogP contribution in [-0.4, -0.2) is 64.3 Å². The van der Waals surface area contributed by atoms with Gasteiger partial charge in [-0.15, -0.1) is 0 Å². The average Bonchev–Trinajstić information content (AvgIpc) is 2.29. The molecular formula is C10H19O6-. The minimum absolute atomic E-state index is 0.339. The van der Waals surface area contributed by atoms with E-state index in [0.717, 1.165) is 0 Å². The van der Waals surface area contributed by atoms with E-state index in [0.29, 0.717) is 19.4 Å². The first kappa shape index (κ1) is 13.8. The lowest BCUT2D eigenvalue weighted by atomic mass is 9.99. The summed E-state index contributed by atoms with van der Waals surface area (Å²) < 4.78 is 10.3. The van der Waals surface area contributed by atoms with Crippen LogP contribution in [0.5, 0.6) is 0 Å². The molecule has 0 radical (unpaired) electrons. The molecule has 0 amide bonds. The van der Waals surface area contributed by atoms with E-state index in [2.05, 4.69) is 6.92 Å². The van der Waals surface area contributed by atoms with Crippen molar-refractivity contribution in [2.24, 2.45) is 0 Å². The van der Waals surface area contributed by atoms with Gasteiger partial charge in [0.1, 0.15) is 24.4 Å². The molecule has 1 aliphatic heterocycles. The molecule has 1 heterocycles. The van der Waals surface area contributed by atoms with Crippen molar-refractivity contribution in [3.63, 3.8) is 0 Å². The zero-order valence-corrected chi connectivity index (χ0v) is 9.03. The molecule has 0 unspecified atom stereocenters. The lowest BCUT2D eigenvalue weighted by molar-refractivity contribution is -0.301. The van der Waals surface area contributed by atoms with E-state index in [4.69, 9.17) is 14.6 Å². The predicted octanol–water partition coefficient (Wildman–Crippen LogP) is -1.58. The summed E-state index contributed by atoms with van der Waals surface area (Å²) in [4.78, 5) is 0. The molecule has 6 heteroatoms. The molecule has 0 aliphatic carbocycles. The first-order chi connectivity index (χ1) is 7.61. The van der Waals surface area contributed by atoms with Gasteiger partial charge in [0.2, 0.25) is 0 Å². The summed E-state index contributed by atoms with van der Waals surface area (Å²) in [5.74, 6) is 0. The Labute approximate surface area is 94.4 Å². The van der Waals surface area contributed by atoms with Crippen molar-refractivity contribution in [3.8, 4) is 0 Å². The van der Waals surface area contributed by atoms with Crippen molar-refractivity contribution in [2.45, 2.75) is 43.5 Å². The van der Waals surface area contributed by atoms with Crippen molar-refractivity contribution in [1.82, 2.24) is 0 Å². The number of rotatable bonds is 5. The van der Waals surface area contributed by atoms with E-state index >= 15 is 0 Å². The molecule has 0 aromatic heterocycles. The van der Waals surface area contributed by atoms with E-state index in [1.807, 2.05) is 0 Å². The SMILES string of the molecule is [CH2-]CCCO[C@@H]1O[C@H](CO)[C@@H](O)[C@H](O)[C@H]1O. The third-order valence-electron chi connectivity index (χ3n) is 2.52. The van der Waals surface area contributed by atoms with Crippen molar-refractivity contribution >= 4 is 0 Å². The van der Waals surface area contributed by atoms with Gasteiger partial charge in [-0.2, -0.15) is 6.42 Å². The first-order valence-electron chi connectivity index (χ1n) is 5.33. The molecule has 0 bridgehead atoms. The van der Waals surface area contributed by atoms with Crippen LogP contribution in [0, 0.1) is 6.92 Å². The highest BCUT2D eigenvalue weighted by Gasteiger charge is 2.43. The molecule has 16 heavy (non-hydrogen) atoms. The van der Waals surface area contributed by atoms with Gasteiger partial charge >= 0.3 is 0 Å². The zero-order chi connectivity index (χ0) is 12.1. The Bertz CT molecular complexity index is 198. The van der Waals surface area contributed by atoms with Crippen LogP contribution < -0.4 is 0 Å². The van der Waals surface area contributed by atoms with E-state index < -0.39 is 37.3 Å².